The van der Waals surface area contributed by atoms with Crippen molar-refractivity contribution >= 4 is 21.7 Å². The number of pyridine rings is 1. The summed E-state index contributed by atoms with van der Waals surface area (Å²) in [7, 11) is 0. The predicted molar refractivity (Wildman–Crippen MR) is 136 cm³/mol. The summed E-state index contributed by atoms with van der Waals surface area (Å²) in [5, 5.41) is 3.88. The van der Waals surface area contributed by atoms with Gasteiger partial charge in [-0.2, -0.15) is 0 Å². The zero-order chi connectivity index (χ0) is 22.0. The van der Waals surface area contributed by atoms with E-state index in [9.17, 15) is 0 Å². The average Bonchev–Trinajstić information content (AvgIpc) is 3.05. The summed E-state index contributed by atoms with van der Waals surface area (Å²) in [6.45, 7) is 9.27. The van der Waals surface area contributed by atoms with Crippen LogP contribution in [0.5, 0.6) is 0 Å². The number of rotatable bonds is 2. The van der Waals surface area contributed by atoms with Gasteiger partial charge in [-0.25, -0.2) is 4.98 Å². The van der Waals surface area contributed by atoms with Crippen LogP contribution in [0, 0.1) is 0 Å². The van der Waals surface area contributed by atoms with Crippen LogP contribution in [-0.2, 0) is 5.41 Å². The molecule has 0 saturated carbocycles. The smallest absolute Gasteiger partial charge is 0.0791 e. The largest absolute Gasteiger partial charge is 0.247 e. The summed E-state index contributed by atoms with van der Waals surface area (Å²) < 4.78 is 0. The Balaban J connectivity index is 1.78. The molecule has 1 heteroatoms. The van der Waals surface area contributed by atoms with Gasteiger partial charge in [0, 0.05) is 21.9 Å². The van der Waals surface area contributed by atoms with Crippen LogP contribution in [0.3, 0.4) is 0 Å². The van der Waals surface area contributed by atoms with Crippen molar-refractivity contribution in [3.63, 3.8) is 0 Å². The van der Waals surface area contributed by atoms with E-state index in [2.05, 4.69) is 113 Å². The number of nitrogens with zero attached hydrogens (tertiary/aromatic N) is 1. The van der Waals surface area contributed by atoms with E-state index in [4.69, 9.17) is 4.98 Å². The molecule has 1 heterocycles. The van der Waals surface area contributed by atoms with Gasteiger partial charge in [0.1, 0.15) is 0 Å². The fourth-order valence-electron chi connectivity index (χ4n) is 5.67. The van der Waals surface area contributed by atoms with Gasteiger partial charge in [0.05, 0.1) is 11.2 Å². The molecule has 0 amide bonds. The highest BCUT2D eigenvalue weighted by Crippen LogP contribution is 2.54. The van der Waals surface area contributed by atoms with Gasteiger partial charge in [-0.15, -0.1) is 0 Å². The molecule has 5 aromatic rings. The lowest BCUT2D eigenvalue weighted by molar-refractivity contribution is 0.666. The van der Waals surface area contributed by atoms with Crippen LogP contribution in [0.25, 0.3) is 44.1 Å². The summed E-state index contributed by atoms with van der Waals surface area (Å²) in [5.41, 5.74) is 10.1. The molecule has 156 valence electrons. The van der Waals surface area contributed by atoms with Crippen LogP contribution in [0.2, 0.25) is 0 Å². The third kappa shape index (κ3) is 2.61. The van der Waals surface area contributed by atoms with E-state index in [0.29, 0.717) is 5.92 Å². The van der Waals surface area contributed by atoms with Crippen molar-refractivity contribution in [1.29, 1.82) is 0 Å². The predicted octanol–water partition coefficient (Wildman–Crippen LogP) is 8.48. The molecular weight excluding hydrogens is 386 g/mol. The van der Waals surface area contributed by atoms with E-state index < -0.39 is 0 Å². The maximum absolute atomic E-state index is 5.29. The van der Waals surface area contributed by atoms with Gasteiger partial charge in [0.2, 0.25) is 0 Å². The lowest BCUT2D eigenvalue weighted by Gasteiger charge is -2.23. The molecule has 1 aliphatic rings. The zero-order valence-corrected chi connectivity index (χ0v) is 19.1. The molecule has 0 saturated heterocycles. The van der Waals surface area contributed by atoms with Crippen molar-refractivity contribution in [2.24, 2.45) is 0 Å². The van der Waals surface area contributed by atoms with Crippen LogP contribution < -0.4 is 0 Å². The Morgan fingerprint density at radius 3 is 2.25 bits per heavy atom. The maximum Gasteiger partial charge on any atom is 0.0791 e. The second kappa shape index (κ2) is 6.77. The highest BCUT2D eigenvalue weighted by molar-refractivity contribution is 6.02. The molecule has 1 aromatic heterocycles. The maximum atomic E-state index is 5.29. The molecule has 1 nitrogen and oxygen atoms in total. The van der Waals surface area contributed by atoms with Gasteiger partial charge in [-0.3, -0.25) is 0 Å². The first kappa shape index (κ1) is 19.3. The molecule has 0 unspecified atom stereocenters. The Morgan fingerprint density at radius 1 is 0.750 bits per heavy atom. The standard InChI is InChI=1S/C31H27N/c1-19(2)25-18-21(17-20-11-5-6-12-22(20)25)30-28-23-13-7-9-15-26(23)31(3,4)29(28)24-14-8-10-16-27(24)32-30/h5-19H,1-4H3. The number of benzene rings is 4. The monoisotopic (exact) mass is 413 g/mol. The zero-order valence-electron chi connectivity index (χ0n) is 19.1. The Bertz CT molecular complexity index is 1520. The molecule has 32 heavy (non-hydrogen) atoms. The Morgan fingerprint density at radius 2 is 1.44 bits per heavy atom. The van der Waals surface area contributed by atoms with Crippen molar-refractivity contribution in [1.82, 2.24) is 4.98 Å². The number of hydrogen-bond donors (Lipinski definition) is 0. The number of aromatic nitrogens is 1. The third-order valence-corrected chi connectivity index (χ3v) is 7.18. The summed E-state index contributed by atoms with van der Waals surface area (Å²) >= 11 is 0. The summed E-state index contributed by atoms with van der Waals surface area (Å²) in [5.74, 6) is 0.442. The number of hydrogen-bond acceptors (Lipinski definition) is 1. The van der Waals surface area contributed by atoms with Crippen LogP contribution in [0.1, 0.15) is 50.3 Å². The molecule has 0 bridgehead atoms. The van der Waals surface area contributed by atoms with Gasteiger partial charge < -0.3 is 0 Å². The van der Waals surface area contributed by atoms with E-state index >= 15 is 0 Å². The Labute approximate surface area is 189 Å². The molecule has 0 fully saturated rings. The lowest BCUT2D eigenvalue weighted by atomic mass is 9.80. The van der Waals surface area contributed by atoms with Crippen molar-refractivity contribution < 1.29 is 0 Å². The van der Waals surface area contributed by atoms with Crippen LogP contribution in [-0.4, -0.2) is 4.98 Å². The van der Waals surface area contributed by atoms with Gasteiger partial charge >= 0.3 is 0 Å². The molecule has 6 rings (SSSR count). The minimum atomic E-state index is -0.0685. The SMILES string of the molecule is CC(C)c1cc(-c2nc3ccccc3c3c2-c2ccccc2C3(C)C)cc2ccccc12. The average molecular weight is 414 g/mol. The van der Waals surface area contributed by atoms with Gasteiger partial charge in [-0.1, -0.05) is 94.4 Å². The Kier molecular flexibility index (Phi) is 4.07. The summed E-state index contributed by atoms with van der Waals surface area (Å²) in [6.07, 6.45) is 0. The molecule has 0 atom stereocenters. The van der Waals surface area contributed by atoms with Crippen molar-refractivity contribution in [2.45, 2.75) is 39.0 Å². The fraction of sp³-hybridized carbons (Fsp3) is 0.194. The quantitative estimate of drug-likeness (QED) is 0.283. The molecule has 0 aliphatic heterocycles. The van der Waals surface area contributed by atoms with Crippen LogP contribution in [0.15, 0.2) is 84.9 Å². The summed E-state index contributed by atoms with van der Waals surface area (Å²) in [4.78, 5) is 5.29. The molecular formula is C31H27N. The molecule has 0 spiro atoms. The van der Waals surface area contributed by atoms with Gasteiger partial charge in [0.15, 0.2) is 0 Å². The molecule has 0 N–H and O–H groups in total. The van der Waals surface area contributed by atoms with Crippen molar-refractivity contribution in [3.8, 4) is 22.4 Å². The van der Waals surface area contributed by atoms with E-state index in [1.807, 2.05) is 0 Å². The highest BCUT2D eigenvalue weighted by atomic mass is 14.7. The molecule has 0 radical (unpaired) electrons. The van der Waals surface area contributed by atoms with Crippen LogP contribution >= 0.6 is 0 Å². The molecule has 4 aromatic carbocycles. The van der Waals surface area contributed by atoms with E-state index in [1.165, 1.54) is 49.5 Å². The second-order valence-corrected chi connectivity index (χ2v) is 9.84. The minimum Gasteiger partial charge on any atom is -0.247 e. The van der Waals surface area contributed by atoms with Crippen LogP contribution in [0.4, 0.5) is 0 Å². The lowest BCUT2D eigenvalue weighted by Crippen LogP contribution is -2.15. The van der Waals surface area contributed by atoms with Gasteiger partial charge in [-0.05, 0) is 57.1 Å². The van der Waals surface area contributed by atoms with Crippen molar-refractivity contribution in [3.05, 3.63) is 102 Å². The van der Waals surface area contributed by atoms with E-state index in [1.54, 1.807) is 0 Å². The van der Waals surface area contributed by atoms with E-state index in [0.717, 1.165) is 11.2 Å². The normalized spacial score (nSPS) is 14.2. The number of fused-ring (bicyclic) bond motifs is 6. The Hall–Kier alpha value is -3.45. The topological polar surface area (TPSA) is 12.9 Å². The minimum absolute atomic E-state index is 0.0685. The first-order valence-electron chi connectivity index (χ1n) is 11.5. The highest BCUT2D eigenvalue weighted by Gasteiger charge is 2.39. The second-order valence-electron chi connectivity index (χ2n) is 9.84. The fourth-order valence-corrected chi connectivity index (χ4v) is 5.67. The first-order valence-corrected chi connectivity index (χ1v) is 11.5. The van der Waals surface area contributed by atoms with Gasteiger partial charge in [0.25, 0.3) is 0 Å². The first-order chi connectivity index (χ1) is 15.5. The summed E-state index contributed by atoms with van der Waals surface area (Å²) in [6, 6.07) is 30.9. The molecule has 1 aliphatic carbocycles. The number of para-hydroxylation sites is 1. The third-order valence-electron chi connectivity index (χ3n) is 7.18. The van der Waals surface area contributed by atoms with E-state index in [-0.39, 0.29) is 5.41 Å². The van der Waals surface area contributed by atoms with Crippen molar-refractivity contribution in [2.75, 3.05) is 0 Å².